The predicted octanol–water partition coefficient (Wildman–Crippen LogP) is 15.1. The van der Waals surface area contributed by atoms with Gasteiger partial charge in [-0.1, -0.05) is 140 Å². The van der Waals surface area contributed by atoms with Crippen molar-refractivity contribution < 1.29 is 4.42 Å². The highest BCUT2D eigenvalue weighted by Gasteiger charge is 2.56. The summed E-state index contributed by atoms with van der Waals surface area (Å²) < 4.78 is 6.83. The molecule has 3 atom stereocenters. The average molecular weight is 732 g/mol. The van der Waals surface area contributed by atoms with Crippen LogP contribution in [0.5, 0.6) is 0 Å². The van der Waals surface area contributed by atoms with E-state index in [2.05, 4.69) is 193 Å². The van der Waals surface area contributed by atoms with Gasteiger partial charge in [0, 0.05) is 39.3 Å². The van der Waals surface area contributed by atoms with Crippen molar-refractivity contribution in [3.63, 3.8) is 0 Å². The molecule has 2 bridgehead atoms. The fourth-order valence-corrected chi connectivity index (χ4v) is 11.1. The van der Waals surface area contributed by atoms with Gasteiger partial charge < -0.3 is 9.32 Å². The Hall–Kier alpha value is -6.64. The lowest BCUT2D eigenvalue weighted by Gasteiger charge is -2.36. The summed E-state index contributed by atoms with van der Waals surface area (Å²) in [5.41, 5.74) is 18.5. The fourth-order valence-electron chi connectivity index (χ4n) is 11.1. The van der Waals surface area contributed by atoms with Crippen LogP contribution in [0.3, 0.4) is 0 Å². The first-order valence-corrected chi connectivity index (χ1v) is 20.5. The first kappa shape index (κ1) is 32.6. The van der Waals surface area contributed by atoms with E-state index in [1.54, 1.807) is 11.1 Å². The molecule has 1 spiro atoms. The van der Waals surface area contributed by atoms with Gasteiger partial charge in [-0.05, 0) is 135 Å². The lowest BCUT2D eigenvalue weighted by Crippen LogP contribution is -2.31. The highest BCUT2D eigenvalue weighted by Crippen LogP contribution is 2.66. The summed E-state index contributed by atoms with van der Waals surface area (Å²) >= 11 is 0. The van der Waals surface area contributed by atoms with Crippen LogP contribution in [0.1, 0.15) is 36.8 Å². The molecule has 2 saturated carbocycles. The third-order valence-electron chi connectivity index (χ3n) is 13.6. The molecule has 12 rings (SSSR count). The summed E-state index contributed by atoms with van der Waals surface area (Å²) in [6.07, 6.45) is 5.42. The van der Waals surface area contributed by atoms with Crippen LogP contribution in [0.2, 0.25) is 0 Å². The van der Waals surface area contributed by atoms with Crippen LogP contribution in [-0.4, -0.2) is 0 Å². The number of hydrogen-bond acceptors (Lipinski definition) is 2. The van der Waals surface area contributed by atoms with E-state index in [0.717, 1.165) is 50.8 Å². The van der Waals surface area contributed by atoms with E-state index in [0.29, 0.717) is 0 Å². The highest BCUT2D eigenvalue weighted by molar-refractivity contribution is 6.08. The van der Waals surface area contributed by atoms with Gasteiger partial charge in [0.2, 0.25) is 0 Å². The smallest absolute Gasteiger partial charge is 0.137 e. The third-order valence-corrected chi connectivity index (χ3v) is 13.6. The van der Waals surface area contributed by atoms with Crippen LogP contribution < -0.4 is 4.90 Å². The minimum Gasteiger partial charge on any atom is -0.456 e. The summed E-state index contributed by atoms with van der Waals surface area (Å²) in [5.74, 6) is 1.60. The van der Waals surface area contributed by atoms with Crippen LogP contribution in [-0.2, 0) is 5.41 Å². The van der Waals surface area contributed by atoms with Gasteiger partial charge in [-0.25, -0.2) is 0 Å². The molecule has 57 heavy (non-hydrogen) atoms. The Kier molecular flexibility index (Phi) is 7.26. The minimum atomic E-state index is 0.167. The normalized spacial score (nSPS) is 19.0. The topological polar surface area (TPSA) is 16.4 Å². The number of hydrogen-bond donors (Lipinski definition) is 0. The fraction of sp³-hybridized carbons (Fsp3) is 0.127. The standard InChI is InChI=1S/C55H41NO/c1-3-10-37(11-4-1)39-19-25-43(26-20-39)56(44-27-21-40(22-28-44)38-12-5-2-6-13-38)45-29-31-48-47-30-23-41(33-52(47)57-53(48)34-45)46-15-9-17-51-54(46)49-14-7-8-16-50(49)55(51)35-36-18-24-42(55)32-36/h1-17,19-23,25-31,33-34,36,42H,18,24,32,35H2. The molecule has 3 aliphatic carbocycles. The Morgan fingerprint density at radius 3 is 1.63 bits per heavy atom. The van der Waals surface area contributed by atoms with E-state index in [4.69, 9.17) is 4.42 Å². The third kappa shape index (κ3) is 5.03. The second kappa shape index (κ2) is 12.7. The SMILES string of the molecule is c1ccc(-c2ccc(N(c3ccc(-c4ccccc4)cc3)c3ccc4c(c3)oc3cc(-c5cccc6c5-c5ccccc5C65CC6CCC5C6)ccc34)cc2)cc1. The van der Waals surface area contributed by atoms with Gasteiger partial charge in [-0.3, -0.25) is 0 Å². The molecule has 3 aliphatic rings. The quantitative estimate of drug-likeness (QED) is 0.169. The van der Waals surface area contributed by atoms with Gasteiger partial charge in [0.25, 0.3) is 0 Å². The second-order valence-corrected chi connectivity index (χ2v) is 16.5. The van der Waals surface area contributed by atoms with E-state index in [-0.39, 0.29) is 5.41 Å². The molecule has 0 radical (unpaired) electrons. The van der Waals surface area contributed by atoms with Gasteiger partial charge >= 0.3 is 0 Å². The van der Waals surface area contributed by atoms with Crippen molar-refractivity contribution in [3.8, 4) is 44.5 Å². The maximum absolute atomic E-state index is 6.83. The Morgan fingerprint density at radius 1 is 0.439 bits per heavy atom. The van der Waals surface area contributed by atoms with Crippen LogP contribution in [0.25, 0.3) is 66.4 Å². The van der Waals surface area contributed by atoms with E-state index in [1.165, 1.54) is 70.2 Å². The molecule has 1 aromatic heterocycles. The summed E-state index contributed by atoms with van der Waals surface area (Å²) in [6.45, 7) is 0. The number of fused-ring (bicyclic) bond motifs is 11. The molecular formula is C55H41NO. The lowest BCUT2D eigenvalue weighted by atomic mass is 9.66. The number of rotatable bonds is 6. The molecule has 2 heteroatoms. The largest absolute Gasteiger partial charge is 0.456 e. The van der Waals surface area contributed by atoms with Crippen LogP contribution in [0.15, 0.2) is 192 Å². The second-order valence-electron chi connectivity index (χ2n) is 16.5. The first-order chi connectivity index (χ1) is 28.2. The van der Waals surface area contributed by atoms with Crippen molar-refractivity contribution in [3.05, 3.63) is 199 Å². The Bertz CT molecular complexity index is 2880. The van der Waals surface area contributed by atoms with E-state index in [1.807, 2.05) is 0 Å². The molecule has 0 amide bonds. The molecule has 9 aromatic rings. The lowest BCUT2D eigenvalue weighted by molar-refractivity contribution is 0.327. The molecule has 2 fully saturated rings. The Balaban J connectivity index is 0.955. The summed E-state index contributed by atoms with van der Waals surface area (Å²) in [5, 5.41) is 2.27. The van der Waals surface area contributed by atoms with Crippen LogP contribution >= 0.6 is 0 Å². The Morgan fingerprint density at radius 2 is 0.982 bits per heavy atom. The van der Waals surface area contributed by atoms with Crippen molar-refractivity contribution >= 4 is 39.0 Å². The molecule has 0 saturated heterocycles. The zero-order valence-electron chi connectivity index (χ0n) is 31.7. The highest BCUT2D eigenvalue weighted by atomic mass is 16.3. The number of nitrogens with zero attached hydrogens (tertiary/aromatic N) is 1. The maximum Gasteiger partial charge on any atom is 0.137 e. The average Bonchev–Trinajstić information content (AvgIpc) is 4.06. The van der Waals surface area contributed by atoms with Crippen molar-refractivity contribution in [2.45, 2.75) is 31.1 Å². The summed E-state index contributed by atoms with van der Waals surface area (Å²) in [7, 11) is 0. The van der Waals surface area contributed by atoms with E-state index in [9.17, 15) is 0 Å². The molecule has 272 valence electrons. The van der Waals surface area contributed by atoms with Crippen molar-refractivity contribution in [2.24, 2.45) is 11.8 Å². The molecule has 1 heterocycles. The zero-order valence-corrected chi connectivity index (χ0v) is 31.7. The molecule has 0 aliphatic heterocycles. The summed E-state index contributed by atoms with van der Waals surface area (Å²) in [6, 6.07) is 68.8. The van der Waals surface area contributed by atoms with Crippen molar-refractivity contribution in [1.82, 2.24) is 0 Å². The van der Waals surface area contributed by atoms with Gasteiger partial charge in [0.05, 0.1) is 0 Å². The molecular weight excluding hydrogens is 691 g/mol. The van der Waals surface area contributed by atoms with Gasteiger partial charge in [-0.2, -0.15) is 0 Å². The number of furan rings is 1. The number of benzene rings is 8. The van der Waals surface area contributed by atoms with Crippen molar-refractivity contribution in [2.75, 3.05) is 4.90 Å². The van der Waals surface area contributed by atoms with Gasteiger partial charge in [-0.15, -0.1) is 0 Å². The van der Waals surface area contributed by atoms with Gasteiger partial charge in [0.15, 0.2) is 0 Å². The maximum atomic E-state index is 6.83. The predicted molar refractivity (Wildman–Crippen MR) is 236 cm³/mol. The zero-order chi connectivity index (χ0) is 37.5. The van der Waals surface area contributed by atoms with Crippen LogP contribution in [0, 0.1) is 11.8 Å². The van der Waals surface area contributed by atoms with Crippen LogP contribution in [0.4, 0.5) is 17.1 Å². The Labute approximate surface area is 333 Å². The molecule has 2 nitrogen and oxygen atoms in total. The molecule has 0 N–H and O–H groups in total. The molecule has 8 aromatic carbocycles. The minimum absolute atomic E-state index is 0.167. The molecule has 3 unspecified atom stereocenters. The number of anilines is 3. The monoisotopic (exact) mass is 731 g/mol. The summed E-state index contributed by atoms with van der Waals surface area (Å²) in [4.78, 5) is 2.33. The van der Waals surface area contributed by atoms with Gasteiger partial charge in [0.1, 0.15) is 11.2 Å². The first-order valence-electron chi connectivity index (χ1n) is 20.5. The van der Waals surface area contributed by atoms with Crippen molar-refractivity contribution in [1.29, 1.82) is 0 Å². The van der Waals surface area contributed by atoms with E-state index < -0.39 is 0 Å². The van der Waals surface area contributed by atoms with E-state index >= 15 is 0 Å².